The van der Waals surface area contributed by atoms with Crippen LogP contribution in [0.2, 0.25) is 0 Å². The second kappa shape index (κ2) is 7.92. The van der Waals surface area contributed by atoms with Crippen molar-refractivity contribution in [1.82, 2.24) is 9.88 Å². The van der Waals surface area contributed by atoms with Crippen LogP contribution in [0, 0.1) is 38.2 Å². The molecule has 0 bridgehead atoms. The van der Waals surface area contributed by atoms with Crippen molar-refractivity contribution in [2.24, 2.45) is 0 Å². The van der Waals surface area contributed by atoms with Gasteiger partial charge >= 0.3 is 0 Å². The van der Waals surface area contributed by atoms with Crippen molar-refractivity contribution in [3.8, 4) is 0 Å². The number of carbonyl (C=O) groups excluding carboxylic acids is 1. The van der Waals surface area contributed by atoms with Crippen LogP contribution >= 0.6 is 0 Å². The minimum atomic E-state index is -0.918. The Kier molecular flexibility index (Phi) is 5.58. The minimum Gasteiger partial charge on any atom is -0.347 e. The van der Waals surface area contributed by atoms with Gasteiger partial charge in [0.25, 0.3) is 5.91 Å². The summed E-state index contributed by atoms with van der Waals surface area (Å²) in [6.45, 7) is 6.17. The number of benzene rings is 2. The fraction of sp³-hybridized carbons (Fsp3) is 0.227. The Bertz CT molecular complexity index is 1020. The summed E-state index contributed by atoms with van der Waals surface area (Å²) < 4.78 is 41.6. The van der Waals surface area contributed by atoms with E-state index in [0.717, 1.165) is 34.5 Å². The molecule has 2 aromatic carbocycles. The predicted molar refractivity (Wildman–Crippen MR) is 102 cm³/mol. The van der Waals surface area contributed by atoms with Gasteiger partial charge in [-0.3, -0.25) is 4.79 Å². The van der Waals surface area contributed by atoms with Crippen molar-refractivity contribution in [3.63, 3.8) is 0 Å². The second-order valence-electron chi connectivity index (χ2n) is 6.83. The zero-order chi connectivity index (χ0) is 20.4. The van der Waals surface area contributed by atoms with Gasteiger partial charge in [-0.05, 0) is 67.3 Å². The highest BCUT2D eigenvalue weighted by molar-refractivity contribution is 5.95. The number of hydrogen-bond acceptors (Lipinski definition) is 1. The van der Waals surface area contributed by atoms with E-state index < -0.39 is 11.6 Å². The van der Waals surface area contributed by atoms with Crippen molar-refractivity contribution < 1.29 is 18.0 Å². The summed E-state index contributed by atoms with van der Waals surface area (Å²) in [5.41, 5.74) is 4.49. The van der Waals surface area contributed by atoms with E-state index in [0.29, 0.717) is 11.3 Å². The molecule has 0 unspecified atom stereocenters. The number of amides is 1. The van der Waals surface area contributed by atoms with Gasteiger partial charge in [-0.2, -0.15) is 0 Å². The number of carbonyl (C=O) groups is 1. The number of aromatic nitrogens is 1. The first-order chi connectivity index (χ1) is 13.3. The van der Waals surface area contributed by atoms with Gasteiger partial charge in [0.2, 0.25) is 0 Å². The van der Waals surface area contributed by atoms with Crippen molar-refractivity contribution in [3.05, 3.63) is 93.6 Å². The number of nitrogens with zero attached hydrogens (tertiary/aromatic N) is 1. The molecule has 0 spiro atoms. The van der Waals surface area contributed by atoms with Crippen LogP contribution < -0.4 is 5.32 Å². The summed E-state index contributed by atoms with van der Waals surface area (Å²) in [6.07, 6.45) is 0. The lowest BCUT2D eigenvalue weighted by atomic mass is 10.1. The molecule has 3 aromatic rings. The number of nitrogens with one attached hydrogen (secondary N) is 1. The lowest BCUT2D eigenvalue weighted by Crippen LogP contribution is -2.26. The summed E-state index contributed by atoms with van der Waals surface area (Å²) >= 11 is 0. The maximum Gasteiger partial charge on any atom is 0.268 e. The molecule has 1 N–H and O–H groups in total. The highest BCUT2D eigenvalue weighted by Crippen LogP contribution is 2.23. The van der Waals surface area contributed by atoms with E-state index in [1.54, 1.807) is 16.7 Å². The molecular weight excluding hydrogens is 365 g/mol. The highest BCUT2D eigenvalue weighted by atomic mass is 19.2. The molecule has 1 amide bonds. The van der Waals surface area contributed by atoms with Crippen LogP contribution in [0.15, 0.2) is 42.5 Å². The smallest absolute Gasteiger partial charge is 0.268 e. The fourth-order valence-electron chi connectivity index (χ4n) is 3.20. The molecule has 1 heterocycles. The molecule has 0 radical (unpaired) electrons. The quantitative estimate of drug-likeness (QED) is 0.671. The molecule has 6 heteroatoms. The first kappa shape index (κ1) is 19.7. The van der Waals surface area contributed by atoms with Gasteiger partial charge in [-0.1, -0.05) is 18.2 Å². The average Bonchev–Trinajstić information content (AvgIpc) is 2.88. The third-order valence-corrected chi connectivity index (χ3v) is 5.04. The summed E-state index contributed by atoms with van der Waals surface area (Å²) in [5.74, 6) is -2.44. The molecule has 0 aliphatic rings. The van der Waals surface area contributed by atoms with E-state index in [4.69, 9.17) is 0 Å². The van der Waals surface area contributed by atoms with Crippen molar-refractivity contribution in [1.29, 1.82) is 0 Å². The molecular formula is C22H21F3N2O. The van der Waals surface area contributed by atoms with Crippen molar-refractivity contribution >= 4 is 5.91 Å². The lowest BCUT2D eigenvalue weighted by molar-refractivity contribution is 0.0941. The van der Waals surface area contributed by atoms with E-state index in [9.17, 15) is 18.0 Å². The lowest BCUT2D eigenvalue weighted by Gasteiger charge is -2.13. The van der Waals surface area contributed by atoms with Crippen molar-refractivity contribution in [2.45, 2.75) is 33.9 Å². The van der Waals surface area contributed by atoms with Gasteiger partial charge in [0, 0.05) is 18.8 Å². The maximum absolute atomic E-state index is 13.6. The van der Waals surface area contributed by atoms with E-state index in [2.05, 4.69) is 5.32 Å². The molecule has 28 heavy (non-hydrogen) atoms. The largest absolute Gasteiger partial charge is 0.347 e. The highest BCUT2D eigenvalue weighted by Gasteiger charge is 2.21. The molecule has 0 atom stereocenters. The Morgan fingerprint density at radius 1 is 0.893 bits per heavy atom. The van der Waals surface area contributed by atoms with Crippen LogP contribution in [0.25, 0.3) is 0 Å². The summed E-state index contributed by atoms with van der Waals surface area (Å²) in [7, 11) is 0. The zero-order valence-electron chi connectivity index (χ0n) is 15.9. The first-order valence-electron chi connectivity index (χ1n) is 8.90. The Balaban J connectivity index is 1.87. The van der Waals surface area contributed by atoms with E-state index in [1.807, 2.05) is 20.8 Å². The predicted octanol–water partition coefficient (Wildman–Crippen LogP) is 4.81. The van der Waals surface area contributed by atoms with Gasteiger partial charge in [0.15, 0.2) is 11.6 Å². The standard InChI is InChI=1S/C22H21F3N2O/c1-13-14(2)21(22(28)26-11-16-4-7-18(23)8-5-16)27(15(13)3)12-17-6-9-19(24)20(25)10-17/h4-10H,11-12H2,1-3H3,(H,26,28). The molecule has 0 saturated heterocycles. The second-order valence-corrected chi connectivity index (χ2v) is 6.83. The van der Waals surface area contributed by atoms with Gasteiger partial charge < -0.3 is 9.88 Å². The average molecular weight is 386 g/mol. The Labute approximate surface area is 161 Å². The van der Waals surface area contributed by atoms with Crippen LogP contribution in [-0.4, -0.2) is 10.5 Å². The summed E-state index contributed by atoms with van der Waals surface area (Å²) in [6, 6.07) is 9.62. The molecule has 0 saturated carbocycles. The van der Waals surface area contributed by atoms with Crippen LogP contribution in [0.4, 0.5) is 13.2 Å². The molecule has 3 rings (SSSR count). The van der Waals surface area contributed by atoms with E-state index in [-0.39, 0.29) is 24.8 Å². The Morgan fingerprint density at radius 2 is 1.54 bits per heavy atom. The van der Waals surface area contributed by atoms with E-state index >= 15 is 0 Å². The molecule has 0 fully saturated rings. The number of hydrogen-bond donors (Lipinski definition) is 1. The monoisotopic (exact) mass is 386 g/mol. The van der Waals surface area contributed by atoms with Gasteiger partial charge in [0.1, 0.15) is 11.5 Å². The first-order valence-corrected chi connectivity index (χ1v) is 8.90. The molecule has 1 aromatic heterocycles. The number of halogens is 3. The molecule has 0 aliphatic heterocycles. The third kappa shape index (κ3) is 3.96. The van der Waals surface area contributed by atoms with Crippen LogP contribution in [-0.2, 0) is 13.1 Å². The molecule has 0 aliphatic carbocycles. The third-order valence-electron chi connectivity index (χ3n) is 5.04. The van der Waals surface area contributed by atoms with Crippen LogP contribution in [0.1, 0.15) is 38.4 Å². The normalized spacial score (nSPS) is 10.9. The topological polar surface area (TPSA) is 34.0 Å². The summed E-state index contributed by atoms with van der Waals surface area (Å²) in [4.78, 5) is 12.9. The SMILES string of the molecule is Cc1c(C)c(C(=O)NCc2ccc(F)cc2)n(Cc2ccc(F)c(F)c2)c1C. The van der Waals surface area contributed by atoms with E-state index in [1.165, 1.54) is 18.2 Å². The molecule has 3 nitrogen and oxygen atoms in total. The maximum atomic E-state index is 13.6. The van der Waals surface area contributed by atoms with Crippen LogP contribution in [0.5, 0.6) is 0 Å². The zero-order valence-corrected chi connectivity index (χ0v) is 15.9. The Morgan fingerprint density at radius 3 is 2.18 bits per heavy atom. The Hall–Kier alpha value is -3.02. The van der Waals surface area contributed by atoms with Gasteiger partial charge in [-0.15, -0.1) is 0 Å². The van der Waals surface area contributed by atoms with Crippen molar-refractivity contribution in [2.75, 3.05) is 0 Å². The fourth-order valence-corrected chi connectivity index (χ4v) is 3.20. The van der Waals surface area contributed by atoms with Gasteiger partial charge in [0.05, 0.1) is 0 Å². The molecule has 146 valence electrons. The summed E-state index contributed by atoms with van der Waals surface area (Å²) in [5, 5.41) is 2.85. The van der Waals surface area contributed by atoms with Gasteiger partial charge in [-0.25, -0.2) is 13.2 Å². The van der Waals surface area contributed by atoms with Crippen LogP contribution in [0.3, 0.4) is 0 Å². The number of rotatable bonds is 5. The minimum absolute atomic E-state index is 0.247.